The molecule has 0 spiro atoms. The number of aliphatic hydroxyl groups excluding tert-OH is 2. The molecule has 10 nitrogen and oxygen atoms in total. The lowest BCUT2D eigenvalue weighted by atomic mass is 10.1. The Kier molecular flexibility index (Phi) is 29.0. The average molecular weight is 579 g/mol. The van der Waals surface area contributed by atoms with Gasteiger partial charge in [0.25, 0.3) is 0 Å². The average Bonchev–Trinajstić information content (AvgIpc) is 3.46. The Bertz CT molecular complexity index is 540. The van der Waals surface area contributed by atoms with E-state index in [-0.39, 0.29) is 25.4 Å². The summed E-state index contributed by atoms with van der Waals surface area (Å²) in [6.07, 6.45) is 16.0. The van der Waals surface area contributed by atoms with Gasteiger partial charge in [0, 0.05) is 19.3 Å². The lowest BCUT2D eigenvalue weighted by Gasteiger charge is -2.09. The van der Waals surface area contributed by atoms with E-state index in [1.807, 2.05) is 0 Å². The fourth-order valence-corrected chi connectivity index (χ4v) is 4.10. The van der Waals surface area contributed by atoms with Crippen LogP contribution in [0.15, 0.2) is 0 Å². The van der Waals surface area contributed by atoms with Crippen molar-refractivity contribution in [1.82, 2.24) is 0 Å². The molecule has 10 heteroatoms. The number of aliphatic hydroxyl groups is 2. The number of unbranched alkanes of at least 4 members (excludes halogenated alkanes) is 12. The molecule has 2 aliphatic heterocycles. The third-order valence-electron chi connectivity index (χ3n) is 6.48. The topological polar surface area (TPSA) is 171 Å². The van der Waals surface area contributed by atoms with Gasteiger partial charge in [0.05, 0.1) is 13.2 Å². The van der Waals surface area contributed by atoms with Gasteiger partial charge in [-0.25, -0.2) is 0 Å². The fourth-order valence-electron chi connectivity index (χ4n) is 4.10. The van der Waals surface area contributed by atoms with Crippen molar-refractivity contribution < 1.29 is 49.4 Å². The monoisotopic (exact) mass is 578 g/mol. The minimum Gasteiger partial charge on any atom is -0.481 e. The molecular formula is C30H58O10. The van der Waals surface area contributed by atoms with E-state index in [2.05, 4.69) is 20.8 Å². The molecule has 0 aromatic rings. The lowest BCUT2D eigenvalue weighted by molar-refractivity contribution is -0.138. The smallest absolute Gasteiger partial charge is 0.303 e. The van der Waals surface area contributed by atoms with Gasteiger partial charge in [-0.3, -0.25) is 14.4 Å². The maximum absolute atomic E-state index is 10.0. The largest absolute Gasteiger partial charge is 0.481 e. The van der Waals surface area contributed by atoms with E-state index in [1.165, 1.54) is 57.8 Å². The molecule has 0 radical (unpaired) electrons. The molecule has 4 atom stereocenters. The highest BCUT2D eigenvalue weighted by molar-refractivity contribution is 5.67. The second-order valence-corrected chi connectivity index (χ2v) is 10.4. The second-order valence-electron chi connectivity index (χ2n) is 10.4. The van der Waals surface area contributed by atoms with Crippen LogP contribution in [0.5, 0.6) is 0 Å². The molecule has 0 aromatic heterocycles. The molecule has 0 aliphatic carbocycles. The molecule has 0 saturated carbocycles. The maximum atomic E-state index is 10.0. The summed E-state index contributed by atoms with van der Waals surface area (Å²) >= 11 is 0. The summed E-state index contributed by atoms with van der Waals surface area (Å²) in [6.45, 7) is 7.02. The predicted molar refractivity (Wildman–Crippen MR) is 155 cm³/mol. The van der Waals surface area contributed by atoms with Crippen LogP contribution >= 0.6 is 0 Å². The quantitative estimate of drug-likeness (QED) is 0.125. The number of carboxylic acids is 3. The molecule has 5 N–H and O–H groups in total. The number of carbonyl (C=O) groups is 3. The van der Waals surface area contributed by atoms with Crippen LogP contribution in [0.2, 0.25) is 0 Å². The SMILES string of the molecule is CCCCCCCC(=O)O.CCCCCCCC(=O)O.CCCCCCCC(=O)O.O[C@@H]1CO[C@H]2[C@@H]1OC[C@@H]2O. The Balaban J connectivity index is 0. The highest BCUT2D eigenvalue weighted by Crippen LogP contribution is 2.26. The normalized spacial score (nSPS) is 20.6. The molecular weight excluding hydrogens is 520 g/mol. The van der Waals surface area contributed by atoms with Gasteiger partial charge >= 0.3 is 17.9 Å². The molecule has 2 rings (SSSR count). The molecule has 2 heterocycles. The third kappa shape index (κ3) is 26.5. The highest BCUT2D eigenvalue weighted by atomic mass is 16.6. The van der Waals surface area contributed by atoms with Crippen molar-refractivity contribution in [1.29, 1.82) is 0 Å². The minimum absolute atomic E-state index is 0.284. The van der Waals surface area contributed by atoms with Crippen LogP contribution in [0.1, 0.15) is 136 Å². The maximum Gasteiger partial charge on any atom is 0.303 e. The van der Waals surface area contributed by atoms with Crippen LogP contribution < -0.4 is 0 Å². The molecule has 0 unspecified atom stereocenters. The number of hydrogen-bond donors (Lipinski definition) is 5. The molecule has 0 amide bonds. The first-order chi connectivity index (χ1) is 19.1. The summed E-state index contributed by atoms with van der Waals surface area (Å²) in [6, 6.07) is 0. The van der Waals surface area contributed by atoms with E-state index < -0.39 is 30.1 Å². The van der Waals surface area contributed by atoms with Gasteiger partial charge < -0.3 is 35.0 Å². The molecule has 2 aliphatic rings. The van der Waals surface area contributed by atoms with Gasteiger partial charge in [-0.05, 0) is 19.3 Å². The summed E-state index contributed by atoms with van der Waals surface area (Å²) < 4.78 is 10.2. The number of aliphatic carboxylic acids is 3. The third-order valence-corrected chi connectivity index (χ3v) is 6.48. The van der Waals surface area contributed by atoms with Gasteiger partial charge in [-0.1, -0.05) is 97.8 Å². The first-order valence-corrected chi connectivity index (χ1v) is 15.3. The van der Waals surface area contributed by atoms with Crippen molar-refractivity contribution in [3.63, 3.8) is 0 Å². The molecule has 2 saturated heterocycles. The Morgan fingerprint density at radius 3 is 0.975 bits per heavy atom. The molecule has 0 aromatic carbocycles. The van der Waals surface area contributed by atoms with Crippen molar-refractivity contribution in [3.8, 4) is 0 Å². The van der Waals surface area contributed by atoms with Crippen molar-refractivity contribution in [2.24, 2.45) is 0 Å². The Morgan fingerprint density at radius 1 is 0.500 bits per heavy atom. The second kappa shape index (κ2) is 28.8. The summed E-state index contributed by atoms with van der Waals surface area (Å²) in [5.41, 5.74) is 0. The first kappa shape index (κ1) is 40.4. The predicted octanol–water partition coefficient (Wildman–Crippen LogP) is 5.80. The zero-order valence-corrected chi connectivity index (χ0v) is 25.2. The van der Waals surface area contributed by atoms with E-state index in [0.29, 0.717) is 19.3 Å². The Labute approximate surface area is 241 Å². The Hall–Kier alpha value is -1.75. The van der Waals surface area contributed by atoms with Crippen LogP contribution in [-0.4, -0.2) is 81.1 Å². The van der Waals surface area contributed by atoms with Crippen LogP contribution in [0.25, 0.3) is 0 Å². The van der Waals surface area contributed by atoms with E-state index in [9.17, 15) is 14.4 Å². The highest BCUT2D eigenvalue weighted by Gasteiger charge is 2.46. The molecule has 40 heavy (non-hydrogen) atoms. The van der Waals surface area contributed by atoms with Gasteiger partial charge in [0.15, 0.2) is 0 Å². The van der Waals surface area contributed by atoms with Crippen LogP contribution in [0, 0.1) is 0 Å². The summed E-state index contributed by atoms with van der Waals surface area (Å²) in [4.78, 5) is 30.1. The van der Waals surface area contributed by atoms with Crippen LogP contribution in [0.3, 0.4) is 0 Å². The first-order valence-electron chi connectivity index (χ1n) is 15.3. The van der Waals surface area contributed by atoms with Crippen LogP contribution in [-0.2, 0) is 23.9 Å². The van der Waals surface area contributed by atoms with Gasteiger partial charge in [0.1, 0.15) is 24.4 Å². The van der Waals surface area contributed by atoms with Crippen molar-refractivity contribution >= 4 is 17.9 Å². The molecule has 238 valence electrons. The van der Waals surface area contributed by atoms with E-state index in [4.69, 9.17) is 35.0 Å². The summed E-state index contributed by atoms with van der Waals surface area (Å²) in [5.74, 6) is -2.01. The molecule has 2 fully saturated rings. The number of rotatable bonds is 18. The van der Waals surface area contributed by atoms with E-state index >= 15 is 0 Å². The van der Waals surface area contributed by atoms with Crippen molar-refractivity contribution in [2.45, 2.75) is 161 Å². The Morgan fingerprint density at radius 2 is 0.750 bits per heavy atom. The molecule has 0 bridgehead atoms. The number of ether oxygens (including phenoxy) is 2. The van der Waals surface area contributed by atoms with E-state index in [1.54, 1.807) is 0 Å². The summed E-state index contributed by atoms with van der Waals surface area (Å²) in [5, 5.41) is 43.1. The van der Waals surface area contributed by atoms with Gasteiger partial charge in [-0.15, -0.1) is 0 Å². The van der Waals surface area contributed by atoms with Crippen LogP contribution in [0.4, 0.5) is 0 Å². The fraction of sp³-hybridized carbons (Fsp3) is 0.900. The zero-order chi connectivity index (χ0) is 30.6. The zero-order valence-electron chi connectivity index (χ0n) is 25.2. The minimum atomic E-state index is -0.670. The lowest BCUT2D eigenvalue weighted by Crippen LogP contribution is -2.30. The van der Waals surface area contributed by atoms with E-state index in [0.717, 1.165) is 38.5 Å². The van der Waals surface area contributed by atoms with Crippen molar-refractivity contribution in [2.75, 3.05) is 13.2 Å². The summed E-state index contributed by atoms with van der Waals surface area (Å²) in [7, 11) is 0. The van der Waals surface area contributed by atoms with Gasteiger partial charge in [0.2, 0.25) is 0 Å². The number of hydrogen-bond acceptors (Lipinski definition) is 7. The van der Waals surface area contributed by atoms with Crippen molar-refractivity contribution in [3.05, 3.63) is 0 Å². The number of fused-ring (bicyclic) bond motifs is 1. The standard InChI is InChI=1S/3C8H16O2.C6H10O4/c3*1-2-3-4-5-6-7-8(9)10;7-3-1-9-6-4(8)2-10-5(3)6/h3*2-7H2,1H3,(H,9,10);3-8H,1-2H2/t;;;3-,4+,5-,6-/m...1/s1. The van der Waals surface area contributed by atoms with Gasteiger partial charge in [-0.2, -0.15) is 0 Å². The number of carboxylic acid groups (broad SMARTS) is 3.